The van der Waals surface area contributed by atoms with Crippen molar-refractivity contribution in [3.63, 3.8) is 0 Å². The first-order valence-electron chi connectivity index (χ1n) is 5.39. The number of halogens is 1. The average Bonchev–Trinajstić information content (AvgIpc) is 2.29. The minimum Gasteiger partial charge on any atom is -0.355 e. The molecule has 0 aromatic heterocycles. The lowest BCUT2D eigenvalue weighted by Crippen LogP contribution is -2.44. The maximum atomic E-state index is 13.3. The van der Waals surface area contributed by atoms with Gasteiger partial charge in [-0.05, 0) is 26.0 Å². The Bertz CT molecular complexity index is 421. The highest BCUT2D eigenvalue weighted by atomic mass is 19.1. The lowest BCUT2D eigenvalue weighted by Gasteiger charge is -2.13. The van der Waals surface area contributed by atoms with E-state index in [1.807, 2.05) is 0 Å². The minimum absolute atomic E-state index is 0.0661. The van der Waals surface area contributed by atoms with Gasteiger partial charge in [0.25, 0.3) is 5.91 Å². The maximum absolute atomic E-state index is 13.3. The largest absolute Gasteiger partial charge is 0.355 e. The summed E-state index contributed by atoms with van der Waals surface area (Å²) in [5, 5.41) is 5.00. The first kappa shape index (κ1) is 13.2. The molecule has 0 radical (unpaired) electrons. The minimum atomic E-state index is -0.693. The molecule has 5 heteroatoms. The molecule has 0 heterocycles. The Morgan fingerprint density at radius 3 is 2.59 bits per heavy atom. The van der Waals surface area contributed by atoms with E-state index in [-0.39, 0.29) is 11.5 Å². The molecule has 0 spiro atoms. The zero-order valence-corrected chi connectivity index (χ0v) is 9.79. The Morgan fingerprint density at radius 1 is 1.35 bits per heavy atom. The SMILES string of the molecule is CCNC(=O)[C@H](C)NC(=O)c1ccccc1F. The lowest BCUT2D eigenvalue weighted by atomic mass is 10.2. The third-order valence-electron chi connectivity index (χ3n) is 2.21. The molecule has 1 rings (SSSR count). The van der Waals surface area contributed by atoms with Gasteiger partial charge in [-0.2, -0.15) is 0 Å². The van der Waals surface area contributed by atoms with Crippen molar-refractivity contribution in [3.05, 3.63) is 35.6 Å². The normalized spacial score (nSPS) is 11.7. The molecular weight excluding hydrogens is 223 g/mol. The molecule has 0 unspecified atom stereocenters. The van der Waals surface area contributed by atoms with E-state index in [1.165, 1.54) is 18.2 Å². The van der Waals surface area contributed by atoms with Crippen LogP contribution in [0.25, 0.3) is 0 Å². The summed E-state index contributed by atoms with van der Waals surface area (Å²) in [6, 6.07) is 4.94. The molecule has 0 saturated heterocycles. The van der Waals surface area contributed by atoms with Crippen LogP contribution < -0.4 is 10.6 Å². The van der Waals surface area contributed by atoms with Gasteiger partial charge in [0.15, 0.2) is 0 Å². The van der Waals surface area contributed by atoms with Crippen LogP contribution in [-0.2, 0) is 4.79 Å². The standard InChI is InChI=1S/C12H15FN2O2/c1-3-14-11(16)8(2)15-12(17)9-6-4-5-7-10(9)13/h4-8H,3H2,1-2H3,(H,14,16)(H,15,17)/t8-/m0/s1. The van der Waals surface area contributed by atoms with E-state index in [1.54, 1.807) is 19.9 Å². The second kappa shape index (κ2) is 5.98. The average molecular weight is 238 g/mol. The number of benzene rings is 1. The van der Waals surface area contributed by atoms with Crippen LogP contribution in [0.3, 0.4) is 0 Å². The Labute approximate surface area is 99.2 Å². The number of nitrogens with one attached hydrogen (secondary N) is 2. The summed E-state index contributed by atoms with van der Waals surface area (Å²) >= 11 is 0. The van der Waals surface area contributed by atoms with Gasteiger partial charge in [-0.1, -0.05) is 12.1 Å². The second-order valence-corrected chi connectivity index (χ2v) is 3.57. The van der Waals surface area contributed by atoms with Crippen molar-refractivity contribution >= 4 is 11.8 Å². The van der Waals surface area contributed by atoms with E-state index < -0.39 is 17.8 Å². The highest BCUT2D eigenvalue weighted by molar-refractivity contribution is 5.97. The van der Waals surface area contributed by atoms with Crippen molar-refractivity contribution in [1.29, 1.82) is 0 Å². The van der Waals surface area contributed by atoms with Gasteiger partial charge in [0.1, 0.15) is 11.9 Å². The number of carbonyl (C=O) groups excluding carboxylic acids is 2. The summed E-state index contributed by atoms with van der Waals surface area (Å²) in [5.74, 6) is -1.49. The van der Waals surface area contributed by atoms with Gasteiger partial charge in [0.05, 0.1) is 5.56 Å². The van der Waals surface area contributed by atoms with E-state index in [9.17, 15) is 14.0 Å². The summed E-state index contributed by atoms with van der Waals surface area (Å²) in [5.41, 5.74) is -0.0661. The second-order valence-electron chi connectivity index (χ2n) is 3.57. The van der Waals surface area contributed by atoms with Crippen LogP contribution in [0.15, 0.2) is 24.3 Å². The number of carbonyl (C=O) groups is 2. The van der Waals surface area contributed by atoms with Crippen molar-refractivity contribution in [1.82, 2.24) is 10.6 Å². The van der Waals surface area contributed by atoms with Crippen LogP contribution in [0.2, 0.25) is 0 Å². The molecular formula is C12H15FN2O2. The quantitative estimate of drug-likeness (QED) is 0.824. The van der Waals surface area contributed by atoms with Crippen molar-refractivity contribution in [2.75, 3.05) is 6.54 Å². The van der Waals surface area contributed by atoms with Crippen LogP contribution in [0.1, 0.15) is 24.2 Å². The summed E-state index contributed by atoms with van der Waals surface area (Å²) in [6.45, 7) is 3.81. The summed E-state index contributed by atoms with van der Waals surface area (Å²) in [6.07, 6.45) is 0. The van der Waals surface area contributed by atoms with Gasteiger partial charge < -0.3 is 10.6 Å². The van der Waals surface area contributed by atoms with Crippen LogP contribution in [0.4, 0.5) is 4.39 Å². The zero-order valence-electron chi connectivity index (χ0n) is 9.79. The van der Waals surface area contributed by atoms with E-state index in [0.29, 0.717) is 6.54 Å². The third kappa shape index (κ3) is 3.55. The van der Waals surface area contributed by atoms with Gasteiger partial charge in [0, 0.05) is 6.54 Å². The number of amides is 2. The highest BCUT2D eigenvalue weighted by Crippen LogP contribution is 2.06. The summed E-state index contributed by atoms with van der Waals surface area (Å²) < 4.78 is 13.3. The molecule has 0 saturated carbocycles. The molecule has 0 fully saturated rings. The fraction of sp³-hybridized carbons (Fsp3) is 0.333. The monoisotopic (exact) mass is 238 g/mol. The molecule has 1 aromatic carbocycles. The molecule has 0 aliphatic carbocycles. The van der Waals surface area contributed by atoms with Gasteiger partial charge in [-0.15, -0.1) is 0 Å². The Hall–Kier alpha value is -1.91. The van der Waals surface area contributed by atoms with Crippen molar-refractivity contribution < 1.29 is 14.0 Å². The van der Waals surface area contributed by atoms with E-state index in [4.69, 9.17) is 0 Å². The predicted molar refractivity (Wildman–Crippen MR) is 62.0 cm³/mol. The number of hydrogen-bond acceptors (Lipinski definition) is 2. The molecule has 2 N–H and O–H groups in total. The van der Waals surface area contributed by atoms with Crippen LogP contribution in [0, 0.1) is 5.82 Å². The van der Waals surface area contributed by atoms with Crippen molar-refractivity contribution in [3.8, 4) is 0 Å². The van der Waals surface area contributed by atoms with Gasteiger partial charge in [-0.25, -0.2) is 4.39 Å². The lowest BCUT2D eigenvalue weighted by molar-refractivity contribution is -0.122. The fourth-order valence-electron chi connectivity index (χ4n) is 1.31. The highest BCUT2D eigenvalue weighted by Gasteiger charge is 2.17. The van der Waals surface area contributed by atoms with E-state index >= 15 is 0 Å². The molecule has 1 atom stereocenters. The Balaban J connectivity index is 2.67. The van der Waals surface area contributed by atoms with Crippen LogP contribution in [0.5, 0.6) is 0 Å². The maximum Gasteiger partial charge on any atom is 0.254 e. The van der Waals surface area contributed by atoms with Crippen LogP contribution in [-0.4, -0.2) is 24.4 Å². The molecule has 4 nitrogen and oxygen atoms in total. The number of rotatable bonds is 4. The number of hydrogen-bond donors (Lipinski definition) is 2. The first-order valence-corrected chi connectivity index (χ1v) is 5.39. The Kier molecular flexibility index (Phi) is 4.63. The molecule has 2 amide bonds. The van der Waals surface area contributed by atoms with E-state index in [0.717, 1.165) is 0 Å². The van der Waals surface area contributed by atoms with Gasteiger partial charge >= 0.3 is 0 Å². The Morgan fingerprint density at radius 2 is 2.00 bits per heavy atom. The topological polar surface area (TPSA) is 58.2 Å². The summed E-state index contributed by atoms with van der Waals surface area (Å²) in [4.78, 5) is 23.0. The van der Waals surface area contributed by atoms with Crippen molar-refractivity contribution in [2.45, 2.75) is 19.9 Å². The summed E-state index contributed by atoms with van der Waals surface area (Å²) in [7, 11) is 0. The predicted octanol–water partition coefficient (Wildman–Crippen LogP) is 1.08. The van der Waals surface area contributed by atoms with Crippen LogP contribution >= 0.6 is 0 Å². The molecule has 92 valence electrons. The fourth-order valence-corrected chi connectivity index (χ4v) is 1.31. The van der Waals surface area contributed by atoms with Crippen molar-refractivity contribution in [2.24, 2.45) is 0 Å². The van der Waals surface area contributed by atoms with Gasteiger partial charge in [-0.3, -0.25) is 9.59 Å². The molecule has 0 aliphatic heterocycles. The molecule has 0 aliphatic rings. The molecule has 0 bridgehead atoms. The third-order valence-corrected chi connectivity index (χ3v) is 2.21. The zero-order chi connectivity index (χ0) is 12.8. The number of likely N-dealkylation sites (N-methyl/N-ethyl adjacent to an activating group) is 1. The molecule has 1 aromatic rings. The van der Waals surface area contributed by atoms with Gasteiger partial charge in [0.2, 0.25) is 5.91 Å². The first-order chi connectivity index (χ1) is 8.06. The molecule has 17 heavy (non-hydrogen) atoms. The smallest absolute Gasteiger partial charge is 0.254 e. The van der Waals surface area contributed by atoms with E-state index in [2.05, 4.69) is 10.6 Å².